The van der Waals surface area contributed by atoms with Crippen LogP contribution in [-0.4, -0.2) is 28.1 Å². The third-order valence-electron chi connectivity index (χ3n) is 4.61. The van der Waals surface area contributed by atoms with Gasteiger partial charge in [-0.05, 0) is 48.0 Å². The first kappa shape index (κ1) is 22.8. The molecule has 0 spiro atoms. The minimum atomic E-state index is -3.97. The van der Waals surface area contributed by atoms with Gasteiger partial charge in [0.05, 0.1) is 20.4 Å². The van der Waals surface area contributed by atoms with Crippen molar-refractivity contribution in [2.24, 2.45) is 0 Å². The monoisotopic (exact) mass is 551 g/mol. The van der Waals surface area contributed by atoms with E-state index in [0.717, 1.165) is 22.1 Å². The van der Waals surface area contributed by atoms with E-state index in [-0.39, 0.29) is 25.4 Å². The van der Waals surface area contributed by atoms with E-state index in [1.165, 1.54) is 42.5 Å². The summed E-state index contributed by atoms with van der Waals surface area (Å²) >= 11 is 4.19. The van der Waals surface area contributed by atoms with E-state index in [0.29, 0.717) is 10.4 Å². The first-order chi connectivity index (χ1) is 15.1. The van der Waals surface area contributed by atoms with Crippen molar-refractivity contribution in [3.8, 4) is 21.7 Å². The lowest BCUT2D eigenvalue weighted by molar-refractivity contribution is 0.595. The molecule has 4 aromatic rings. The molecule has 3 aromatic carbocycles. The van der Waals surface area contributed by atoms with Crippen LogP contribution in [0.1, 0.15) is 0 Å². The molecule has 1 heterocycles. The van der Waals surface area contributed by atoms with Gasteiger partial charge in [0.2, 0.25) is 14.2 Å². The maximum atomic E-state index is 13.5. The lowest BCUT2D eigenvalue weighted by Crippen LogP contribution is -2.02. The summed E-state index contributed by atoms with van der Waals surface area (Å²) in [6.07, 6.45) is 1.08. The number of aromatic nitrogens is 1. The van der Waals surface area contributed by atoms with Crippen LogP contribution in [0.5, 0.6) is 0 Å². The Morgan fingerprint density at radius 2 is 1.50 bits per heavy atom. The molecule has 10 heteroatoms. The van der Waals surface area contributed by atoms with E-state index in [1.54, 1.807) is 30.3 Å². The second kappa shape index (κ2) is 8.51. The summed E-state index contributed by atoms with van der Waals surface area (Å²) in [5.41, 5.74) is 1.01. The van der Waals surface area contributed by atoms with E-state index in [2.05, 4.69) is 20.9 Å². The molecule has 0 aliphatic rings. The fraction of sp³-hybridized carbons (Fsp3) is 0.0455. The molecule has 0 fully saturated rings. The highest BCUT2D eigenvalue weighted by Crippen LogP contribution is 2.42. The van der Waals surface area contributed by atoms with Crippen LogP contribution < -0.4 is 0 Å². The highest BCUT2D eigenvalue weighted by molar-refractivity contribution is 9.10. The average Bonchev–Trinajstić information content (AvgIpc) is 3.20. The second-order valence-electron chi connectivity index (χ2n) is 6.89. The molecule has 0 saturated heterocycles. The van der Waals surface area contributed by atoms with Gasteiger partial charge >= 0.3 is 0 Å². The molecule has 0 atom stereocenters. The van der Waals surface area contributed by atoms with Crippen LogP contribution >= 0.6 is 27.3 Å². The number of benzene rings is 3. The zero-order valence-corrected chi connectivity index (χ0v) is 20.5. The predicted molar refractivity (Wildman–Crippen MR) is 126 cm³/mol. The predicted octanol–water partition coefficient (Wildman–Crippen LogP) is 5.62. The van der Waals surface area contributed by atoms with Gasteiger partial charge < -0.3 is 0 Å². The number of thiazole rings is 1. The molecule has 0 unspecified atom stereocenters. The van der Waals surface area contributed by atoms with Crippen LogP contribution in [0, 0.1) is 5.82 Å². The Morgan fingerprint density at radius 3 is 2.12 bits per heavy atom. The van der Waals surface area contributed by atoms with Crippen LogP contribution in [0.25, 0.3) is 21.7 Å². The number of hydrogen-bond donors (Lipinski definition) is 0. The van der Waals surface area contributed by atoms with Gasteiger partial charge in [0.25, 0.3) is 0 Å². The Labute approximate surface area is 197 Å². The molecule has 4 rings (SSSR count). The summed E-state index contributed by atoms with van der Waals surface area (Å²) in [5.74, 6) is -0.445. The van der Waals surface area contributed by atoms with Gasteiger partial charge in [-0.1, -0.05) is 46.3 Å². The van der Waals surface area contributed by atoms with Gasteiger partial charge in [0, 0.05) is 16.3 Å². The quantitative estimate of drug-likeness (QED) is 0.321. The molecule has 5 nitrogen and oxygen atoms in total. The van der Waals surface area contributed by atoms with E-state index < -0.39 is 25.5 Å². The average molecular weight is 552 g/mol. The van der Waals surface area contributed by atoms with Crippen molar-refractivity contribution in [3.05, 3.63) is 83.1 Å². The first-order valence-corrected chi connectivity index (χ1v) is 14.1. The topological polar surface area (TPSA) is 81.2 Å². The Hall–Kier alpha value is -2.40. The maximum Gasteiger partial charge on any atom is 0.233 e. The molecule has 0 aliphatic heterocycles. The Bertz CT molecular complexity index is 1510. The summed E-state index contributed by atoms with van der Waals surface area (Å²) in [6, 6.07) is 17.9. The van der Waals surface area contributed by atoms with Crippen LogP contribution in [0.2, 0.25) is 0 Å². The van der Waals surface area contributed by atoms with Crippen molar-refractivity contribution in [1.29, 1.82) is 0 Å². The van der Waals surface area contributed by atoms with Crippen molar-refractivity contribution >= 4 is 46.9 Å². The number of halogens is 2. The van der Waals surface area contributed by atoms with Crippen molar-refractivity contribution in [1.82, 2.24) is 4.98 Å². The zero-order chi connectivity index (χ0) is 23.1. The molecule has 0 N–H and O–H groups in total. The highest BCUT2D eigenvalue weighted by Gasteiger charge is 2.28. The largest absolute Gasteiger partial charge is 0.233 e. The molecule has 1 aromatic heterocycles. The third kappa shape index (κ3) is 4.40. The fourth-order valence-electron chi connectivity index (χ4n) is 3.10. The van der Waals surface area contributed by atoms with E-state index in [1.807, 2.05) is 0 Å². The number of hydrogen-bond acceptors (Lipinski definition) is 6. The number of rotatable bonds is 5. The molecular formula is C22H15BrFNO4S3. The molecule has 0 aliphatic carbocycles. The van der Waals surface area contributed by atoms with Gasteiger partial charge in [-0.2, -0.15) is 0 Å². The fourth-order valence-corrected chi connectivity index (χ4v) is 6.95. The van der Waals surface area contributed by atoms with Gasteiger partial charge in [0.15, 0.2) is 9.84 Å². The summed E-state index contributed by atoms with van der Waals surface area (Å²) < 4.78 is 65.3. The van der Waals surface area contributed by atoms with Crippen LogP contribution in [0.4, 0.5) is 4.39 Å². The lowest BCUT2D eigenvalue weighted by atomic mass is 10.1. The molecule has 0 radical (unpaired) electrons. The summed E-state index contributed by atoms with van der Waals surface area (Å²) in [7, 11) is -7.59. The second-order valence-corrected chi connectivity index (χ2v) is 12.9. The Kier molecular flexibility index (Phi) is 6.06. The summed E-state index contributed by atoms with van der Waals surface area (Å²) in [4.78, 5) is 4.90. The molecule has 0 amide bonds. The molecular weight excluding hydrogens is 537 g/mol. The molecule has 32 heavy (non-hydrogen) atoms. The van der Waals surface area contributed by atoms with Gasteiger partial charge in [-0.3, -0.25) is 0 Å². The first-order valence-electron chi connectivity index (χ1n) is 9.14. The zero-order valence-electron chi connectivity index (χ0n) is 16.5. The van der Waals surface area contributed by atoms with Crippen LogP contribution in [0.3, 0.4) is 0 Å². The summed E-state index contributed by atoms with van der Waals surface area (Å²) in [5, 5.41) is 0. The van der Waals surface area contributed by atoms with Gasteiger partial charge in [0.1, 0.15) is 5.82 Å². The number of nitrogens with zero attached hydrogens (tertiary/aromatic N) is 1. The standard InChI is InChI=1S/C22H15BrFNO4S3/c1-31(26,27)19-5-3-2-4-18(19)20-21(14-6-10-16(24)11-7-14)30-22(25-20)32(28,29)17-12-8-15(23)9-13-17/h2-13H,1H3. The molecule has 164 valence electrons. The minimum Gasteiger partial charge on any atom is -0.224 e. The molecule has 0 bridgehead atoms. The normalized spacial score (nSPS) is 12.1. The Balaban J connectivity index is 1.99. The lowest BCUT2D eigenvalue weighted by Gasteiger charge is -2.08. The number of sulfone groups is 2. The van der Waals surface area contributed by atoms with Crippen molar-refractivity contribution in [2.45, 2.75) is 14.1 Å². The van der Waals surface area contributed by atoms with Crippen LogP contribution in [0.15, 0.2) is 91.4 Å². The molecule has 0 saturated carbocycles. The van der Waals surface area contributed by atoms with E-state index in [4.69, 9.17) is 0 Å². The third-order valence-corrected chi connectivity index (χ3v) is 9.54. The van der Waals surface area contributed by atoms with Gasteiger partial charge in [-0.15, -0.1) is 11.3 Å². The summed E-state index contributed by atoms with van der Waals surface area (Å²) in [6.45, 7) is 0. The van der Waals surface area contributed by atoms with Crippen molar-refractivity contribution in [3.63, 3.8) is 0 Å². The van der Waals surface area contributed by atoms with E-state index >= 15 is 0 Å². The van der Waals surface area contributed by atoms with Crippen molar-refractivity contribution < 1.29 is 21.2 Å². The smallest absolute Gasteiger partial charge is 0.224 e. The van der Waals surface area contributed by atoms with E-state index in [9.17, 15) is 21.2 Å². The Morgan fingerprint density at radius 1 is 0.875 bits per heavy atom. The highest BCUT2D eigenvalue weighted by atomic mass is 79.9. The SMILES string of the molecule is CS(=O)(=O)c1ccccc1-c1nc(S(=O)(=O)c2ccc(Br)cc2)sc1-c1ccc(F)cc1. The van der Waals surface area contributed by atoms with Crippen LogP contribution in [-0.2, 0) is 19.7 Å². The van der Waals surface area contributed by atoms with Crippen molar-refractivity contribution in [2.75, 3.05) is 6.26 Å². The maximum absolute atomic E-state index is 13.5. The minimum absolute atomic E-state index is 0.0289. The van der Waals surface area contributed by atoms with Gasteiger partial charge in [-0.25, -0.2) is 26.2 Å².